The second kappa shape index (κ2) is 8.59. The molecule has 0 spiro atoms. The molecule has 2 aromatic heterocycles. The fourth-order valence-corrected chi connectivity index (χ4v) is 4.47. The maximum absolute atomic E-state index is 13.4. The molecule has 0 aliphatic heterocycles. The van der Waals surface area contributed by atoms with Gasteiger partial charge in [-0.3, -0.25) is 14.4 Å². The van der Waals surface area contributed by atoms with Crippen molar-refractivity contribution in [1.29, 1.82) is 0 Å². The van der Waals surface area contributed by atoms with Gasteiger partial charge in [0.05, 0.1) is 20.9 Å². The van der Waals surface area contributed by atoms with Crippen LogP contribution in [0.15, 0.2) is 18.2 Å². The van der Waals surface area contributed by atoms with E-state index in [2.05, 4.69) is 10.00 Å². The van der Waals surface area contributed by atoms with Crippen molar-refractivity contribution < 1.29 is 4.79 Å². The average Bonchev–Trinajstić information content (AvgIpc) is 3.25. The second-order valence-electron chi connectivity index (χ2n) is 7.14. The number of aryl methyl sites for hydroxylation is 3. The fourth-order valence-electron chi connectivity index (χ4n) is 3.13. The summed E-state index contributed by atoms with van der Waals surface area (Å²) in [7, 11) is 4.06. The van der Waals surface area contributed by atoms with Crippen molar-refractivity contribution in [2.75, 3.05) is 32.1 Å². The maximum atomic E-state index is 13.4. The normalized spacial score (nSPS) is 11.5. The molecule has 3 rings (SSSR count). The summed E-state index contributed by atoms with van der Waals surface area (Å²) in [6, 6.07) is 5.69. The van der Waals surface area contributed by atoms with Crippen LogP contribution in [0.5, 0.6) is 0 Å². The molecule has 150 valence electrons. The lowest BCUT2D eigenvalue weighted by Crippen LogP contribution is -2.34. The minimum absolute atomic E-state index is 0.0750. The Hall–Kier alpha value is -1.96. The van der Waals surface area contributed by atoms with Crippen LogP contribution in [0.4, 0.5) is 5.13 Å². The summed E-state index contributed by atoms with van der Waals surface area (Å²) in [4.78, 5) is 22.1. The Morgan fingerprint density at radius 1 is 1.25 bits per heavy atom. The molecule has 0 saturated heterocycles. The Labute approximate surface area is 174 Å². The molecule has 0 bridgehead atoms. The first kappa shape index (κ1) is 20.8. The quantitative estimate of drug-likeness (QED) is 0.570. The Kier molecular flexibility index (Phi) is 6.37. The lowest BCUT2D eigenvalue weighted by molar-refractivity contribution is 0.0975. The number of hydrogen-bond donors (Lipinski definition) is 0. The SMILES string of the molecule is CCn1nc(C)cc1C(=O)N(CCCN(C)C)c1nc2c(C)ccc(Cl)c2s1. The van der Waals surface area contributed by atoms with Gasteiger partial charge in [-0.05, 0) is 65.5 Å². The van der Waals surface area contributed by atoms with Gasteiger partial charge in [-0.1, -0.05) is 29.0 Å². The lowest BCUT2D eigenvalue weighted by Gasteiger charge is -2.21. The van der Waals surface area contributed by atoms with Crippen molar-refractivity contribution in [3.8, 4) is 0 Å². The zero-order valence-corrected chi connectivity index (χ0v) is 18.6. The standard InChI is InChI=1S/C20H26ClN5OS/c1-6-26-16(12-14(3)23-26)19(27)25(11-7-10-24(4)5)20-22-17-13(2)8-9-15(21)18(17)28-20/h8-9,12H,6-7,10-11H2,1-5H3. The van der Waals surface area contributed by atoms with Gasteiger partial charge in [0.15, 0.2) is 5.13 Å². The van der Waals surface area contributed by atoms with E-state index >= 15 is 0 Å². The molecule has 0 radical (unpaired) electrons. The second-order valence-corrected chi connectivity index (χ2v) is 8.52. The lowest BCUT2D eigenvalue weighted by atomic mass is 10.2. The van der Waals surface area contributed by atoms with Crippen LogP contribution in [-0.4, -0.2) is 52.8 Å². The van der Waals surface area contributed by atoms with Gasteiger partial charge in [-0.15, -0.1) is 0 Å². The fraction of sp³-hybridized carbons (Fsp3) is 0.450. The number of hydrogen-bond acceptors (Lipinski definition) is 5. The van der Waals surface area contributed by atoms with Crippen molar-refractivity contribution >= 4 is 44.2 Å². The van der Waals surface area contributed by atoms with Gasteiger partial charge >= 0.3 is 0 Å². The van der Waals surface area contributed by atoms with Crippen molar-refractivity contribution in [2.45, 2.75) is 33.7 Å². The smallest absolute Gasteiger partial charge is 0.278 e. The molecule has 3 aromatic rings. The van der Waals surface area contributed by atoms with Gasteiger partial charge in [-0.2, -0.15) is 5.10 Å². The summed E-state index contributed by atoms with van der Waals surface area (Å²) in [6.07, 6.45) is 0.848. The van der Waals surface area contributed by atoms with Crippen LogP contribution in [0.1, 0.15) is 35.1 Å². The Morgan fingerprint density at radius 2 is 2.00 bits per heavy atom. The number of benzene rings is 1. The molecular weight excluding hydrogens is 394 g/mol. The molecule has 1 amide bonds. The minimum atomic E-state index is -0.0750. The molecule has 0 N–H and O–H groups in total. The predicted molar refractivity (Wildman–Crippen MR) is 117 cm³/mol. The van der Waals surface area contributed by atoms with Gasteiger partial charge in [0.2, 0.25) is 0 Å². The first-order valence-corrected chi connectivity index (χ1v) is 10.6. The van der Waals surface area contributed by atoms with E-state index < -0.39 is 0 Å². The number of carbonyl (C=O) groups excluding carboxylic acids is 1. The molecule has 8 heteroatoms. The summed E-state index contributed by atoms with van der Waals surface area (Å²) >= 11 is 7.85. The Balaban J connectivity index is 2.02. The highest BCUT2D eigenvalue weighted by Gasteiger charge is 2.25. The van der Waals surface area contributed by atoms with Gasteiger partial charge in [-0.25, -0.2) is 4.98 Å². The first-order chi connectivity index (χ1) is 13.3. The van der Waals surface area contributed by atoms with Crippen molar-refractivity contribution in [3.63, 3.8) is 0 Å². The number of fused-ring (bicyclic) bond motifs is 1. The number of halogens is 1. The minimum Gasteiger partial charge on any atom is -0.309 e. The summed E-state index contributed by atoms with van der Waals surface area (Å²) in [5.74, 6) is -0.0750. The van der Waals surface area contributed by atoms with E-state index in [1.54, 1.807) is 9.58 Å². The highest BCUT2D eigenvalue weighted by atomic mass is 35.5. The molecule has 0 saturated carbocycles. The first-order valence-electron chi connectivity index (χ1n) is 9.38. The van der Waals surface area contributed by atoms with Crippen LogP contribution >= 0.6 is 22.9 Å². The number of carbonyl (C=O) groups is 1. The van der Waals surface area contributed by atoms with Gasteiger partial charge in [0, 0.05) is 13.1 Å². The molecule has 28 heavy (non-hydrogen) atoms. The van der Waals surface area contributed by atoms with E-state index in [4.69, 9.17) is 16.6 Å². The van der Waals surface area contributed by atoms with Crippen LogP contribution in [0.3, 0.4) is 0 Å². The van der Waals surface area contributed by atoms with Crippen LogP contribution in [0, 0.1) is 13.8 Å². The number of aromatic nitrogens is 3. The molecule has 0 atom stereocenters. The van der Waals surface area contributed by atoms with Crippen molar-refractivity contribution in [1.82, 2.24) is 19.7 Å². The summed E-state index contributed by atoms with van der Waals surface area (Å²) < 4.78 is 2.67. The zero-order valence-electron chi connectivity index (χ0n) is 17.0. The summed E-state index contributed by atoms with van der Waals surface area (Å²) in [5, 5.41) is 5.77. The third-order valence-electron chi connectivity index (χ3n) is 4.57. The Bertz CT molecular complexity index is 955. The molecule has 1 aromatic carbocycles. The Morgan fingerprint density at radius 3 is 2.64 bits per heavy atom. The number of thiazole rings is 1. The van der Waals surface area contributed by atoms with Crippen molar-refractivity contribution in [3.05, 3.63) is 40.2 Å². The molecule has 6 nitrogen and oxygen atoms in total. The van der Waals surface area contributed by atoms with Gasteiger partial charge < -0.3 is 4.90 Å². The third-order valence-corrected chi connectivity index (χ3v) is 6.11. The van der Waals surface area contributed by atoms with Crippen LogP contribution < -0.4 is 4.90 Å². The molecular formula is C20H26ClN5OS. The molecule has 0 aliphatic carbocycles. The third kappa shape index (κ3) is 4.21. The maximum Gasteiger partial charge on any atom is 0.278 e. The number of rotatable bonds is 7. The highest BCUT2D eigenvalue weighted by molar-refractivity contribution is 7.23. The largest absolute Gasteiger partial charge is 0.309 e. The molecule has 2 heterocycles. The van der Waals surface area contributed by atoms with E-state index in [0.717, 1.165) is 34.4 Å². The topological polar surface area (TPSA) is 54.3 Å². The highest BCUT2D eigenvalue weighted by Crippen LogP contribution is 2.36. The average molecular weight is 420 g/mol. The van der Waals surface area contributed by atoms with Gasteiger partial charge in [0.25, 0.3) is 5.91 Å². The van der Waals surface area contributed by atoms with Crippen LogP contribution in [0.25, 0.3) is 10.2 Å². The monoisotopic (exact) mass is 419 g/mol. The van der Waals surface area contributed by atoms with E-state index in [9.17, 15) is 4.79 Å². The zero-order chi connectivity index (χ0) is 20.4. The van der Waals surface area contributed by atoms with Crippen LogP contribution in [-0.2, 0) is 6.54 Å². The van der Waals surface area contributed by atoms with Crippen molar-refractivity contribution in [2.24, 2.45) is 0 Å². The molecule has 0 unspecified atom stereocenters. The van der Waals surface area contributed by atoms with E-state index in [-0.39, 0.29) is 5.91 Å². The number of anilines is 1. The predicted octanol–water partition coefficient (Wildman–Crippen LogP) is 4.38. The number of amides is 1. The molecule has 0 fully saturated rings. The van der Waals surface area contributed by atoms with Gasteiger partial charge in [0.1, 0.15) is 5.69 Å². The summed E-state index contributed by atoms with van der Waals surface area (Å²) in [6.45, 7) is 8.02. The molecule has 0 aliphatic rings. The van der Waals surface area contributed by atoms with E-state index in [1.807, 2.05) is 53.1 Å². The number of nitrogens with zero attached hydrogens (tertiary/aromatic N) is 5. The van der Waals surface area contributed by atoms with E-state index in [0.29, 0.717) is 28.9 Å². The van der Waals surface area contributed by atoms with E-state index in [1.165, 1.54) is 11.3 Å². The summed E-state index contributed by atoms with van der Waals surface area (Å²) in [5.41, 5.74) is 3.34. The van der Waals surface area contributed by atoms with Crippen LogP contribution in [0.2, 0.25) is 5.02 Å².